The van der Waals surface area contributed by atoms with E-state index in [1.54, 1.807) is 6.07 Å². The highest BCUT2D eigenvalue weighted by molar-refractivity contribution is 5.26. The number of benzene rings is 2. The lowest BCUT2D eigenvalue weighted by Crippen LogP contribution is -2.17. The summed E-state index contributed by atoms with van der Waals surface area (Å²) in [5.41, 5.74) is 3.49. The Labute approximate surface area is 108 Å². The molecule has 0 atom stereocenters. The smallest absolute Gasteiger partial charge is 0.123 e. The Balaban J connectivity index is 1.79. The van der Waals surface area contributed by atoms with E-state index in [-0.39, 0.29) is 5.82 Å². The van der Waals surface area contributed by atoms with Crippen LogP contribution in [0.5, 0.6) is 0 Å². The fourth-order valence-electron chi connectivity index (χ4n) is 1.96. The van der Waals surface area contributed by atoms with Crippen LogP contribution in [0.2, 0.25) is 0 Å². The molecule has 1 N–H and O–H groups in total. The van der Waals surface area contributed by atoms with Crippen molar-refractivity contribution in [3.63, 3.8) is 0 Å². The summed E-state index contributed by atoms with van der Waals surface area (Å²) < 4.78 is 12.9. The highest BCUT2D eigenvalue weighted by Gasteiger charge is 1.99. The molecule has 0 saturated heterocycles. The summed E-state index contributed by atoms with van der Waals surface area (Å²) in [6.45, 7) is 3.66. The van der Waals surface area contributed by atoms with Gasteiger partial charge in [-0.2, -0.15) is 0 Å². The Bertz CT molecular complexity index is 494. The van der Waals surface area contributed by atoms with Crippen LogP contribution in [0.4, 0.5) is 4.39 Å². The van der Waals surface area contributed by atoms with Crippen LogP contribution in [0, 0.1) is 12.7 Å². The summed E-state index contributed by atoms with van der Waals surface area (Å²) in [7, 11) is 0. The largest absolute Gasteiger partial charge is 0.312 e. The maximum absolute atomic E-state index is 12.9. The Morgan fingerprint density at radius 3 is 2.56 bits per heavy atom. The first-order valence-electron chi connectivity index (χ1n) is 6.25. The first kappa shape index (κ1) is 12.8. The lowest BCUT2D eigenvalue weighted by atomic mass is 10.1. The summed E-state index contributed by atoms with van der Waals surface area (Å²) in [4.78, 5) is 0. The molecular weight excluding hydrogens is 225 g/mol. The van der Waals surface area contributed by atoms with E-state index in [2.05, 4.69) is 29.6 Å². The fraction of sp³-hybridized carbons (Fsp3) is 0.250. The number of hydrogen-bond acceptors (Lipinski definition) is 1. The number of halogens is 1. The van der Waals surface area contributed by atoms with E-state index in [4.69, 9.17) is 0 Å². The molecular formula is C16H18FN. The lowest BCUT2D eigenvalue weighted by Gasteiger charge is -2.08. The number of rotatable bonds is 5. The third-order valence-corrected chi connectivity index (χ3v) is 3.05. The van der Waals surface area contributed by atoms with Gasteiger partial charge in [-0.25, -0.2) is 4.39 Å². The first-order valence-corrected chi connectivity index (χ1v) is 6.25. The van der Waals surface area contributed by atoms with Crippen molar-refractivity contribution >= 4 is 0 Å². The van der Waals surface area contributed by atoms with Crippen LogP contribution in [0.25, 0.3) is 0 Å². The highest BCUT2D eigenvalue weighted by Crippen LogP contribution is 2.09. The zero-order valence-electron chi connectivity index (χ0n) is 10.6. The zero-order valence-corrected chi connectivity index (χ0v) is 10.6. The Hall–Kier alpha value is -1.67. The van der Waals surface area contributed by atoms with Crippen molar-refractivity contribution in [1.29, 1.82) is 0 Å². The van der Waals surface area contributed by atoms with Crippen LogP contribution in [0.1, 0.15) is 16.7 Å². The van der Waals surface area contributed by atoms with Crippen molar-refractivity contribution in [2.75, 3.05) is 6.54 Å². The molecule has 2 heteroatoms. The summed E-state index contributed by atoms with van der Waals surface area (Å²) >= 11 is 0. The number of nitrogens with one attached hydrogen (secondary N) is 1. The Morgan fingerprint density at radius 1 is 1.06 bits per heavy atom. The predicted octanol–water partition coefficient (Wildman–Crippen LogP) is 3.47. The van der Waals surface area contributed by atoms with Gasteiger partial charge in [-0.1, -0.05) is 36.4 Å². The second-order valence-corrected chi connectivity index (χ2v) is 4.48. The van der Waals surface area contributed by atoms with Gasteiger partial charge in [0.15, 0.2) is 0 Å². The van der Waals surface area contributed by atoms with Crippen molar-refractivity contribution < 1.29 is 4.39 Å². The van der Waals surface area contributed by atoms with Gasteiger partial charge >= 0.3 is 0 Å². The first-order chi connectivity index (χ1) is 8.75. The summed E-state index contributed by atoms with van der Waals surface area (Å²) in [6.07, 6.45) is 1.01. The van der Waals surface area contributed by atoms with Crippen molar-refractivity contribution in [2.45, 2.75) is 19.9 Å². The van der Waals surface area contributed by atoms with Crippen LogP contribution < -0.4 is 5.32 Å². The Kier molecular flexibility index (Phi) is 4.48. The average Bonchev–Trinajstić information content (AvgIpc) is 2.38. The van der Waals surface area contributed by atoms with Gasteiger partial charge in [0.05, 0.1) is 0 Å². The lowest BCUT2D eigenvalue weighted by molar-refractivity contribution is 0.623. The van der Waals surface area contributed by atoms with Crippen molar-refractivity contribution in [3.05, 3.63) is 71.0 Å². The number of hydrogen-bond donors (Lipinski definition) is 1. The minimum absolute atomic E-state index is 0.166. The van der Waals surface area contributed by atoms with Crippen LogP contribution in [-0.2, 0) is 13.0 Å². The molecule has 0 aromatic heterocycles. The standard InChI is InChI=1S/C16H18FN/c1-13-11-16(17)8-7-15(13)12-18-10-9-14-5-3-2-4-6-14/h2-8,11,18H,9-10,12H2,1H3. The van der Waals surface area contributed by atoms with E-state index in [1.807, 2.05) is 19.1 Å². The second kappa shape index (κ2) is 6.31. The van der Waals surface area contributed by atoms with Gasteiger partial charge in [-0.05, 0) is 48.7 Å². The van der Waals surface area contributed by atoms with Crippen LogP contribution >= 0.6 is 0 Å². The Morgan fingerprint density at radius 2 is 1.83 bits per heavy atom. The molecule has 2 rings (SSSR count). The zero-order chi connectivity index (χ0) is 12.8. The third-order valence-electron chi connectivity index (χ3n) is 3.05. The van der Waals surface area contributed by atoms with Gasteiger partial charge < -0.3 is 5.32 Å². The molecule has 0 aliphatic heterocycles. The summed E-state index contributed by atoms with van der Waals surface area (Å²) in [6, 6.07) is 15.3. The summed E-state index contributed by atoms with van der Waals surface area (Å²) in [5, 5.41) is 3.39. The van der Waals surface area contributed by atoms with Gasteiger partial charge in [-0.15, -0.1) is 0 Å². The van der Waals surface area contributed by atoms with Crippen LogP contribution in [0.15, 0.2) is 48.5 Å². The molecule has 1 nitrogen and oxygen atoms in total. The van der Waals surface area contributed by atoms with E-state index in [0.29, 0.717) is 0 Å². The summed E-state index contributed by atoms with van der Waals surface area (Å²) in [5.74, 6) is -0.166. The molecule has 0 bridgehead atoms. The molecule has 18 heavy (non-hydrogen) atoms. The fourth-order valence-corrected chi connectivity index (χ4v) is 1.96. The quantitative estimate of drug-likeness (QED) is 0.793. The second-order valence-electron chi connectivity index (χ2n) is 4.48. The normalized spacial score (nSPS) is 10.6. The minimum Gasteiger partial charge on any atom is -0.312 e. The molecule has 0 spiro atoms. The molecule has 0 saturated carbocycles. The maximum atomic E-state index is 12.9. The molecule has 2 aromatic carbocycles. The van der Waals surface area contributed by atoms with Gasteiger partial charge in [0.2, 0.25) is 0 Å². The molecule has 0 aliphatic carbocycles. The molecule has 0 radical (unpaired) electrons. The van der Waals surface area contributed by atoms with Crippen molar-refractivity contribution in [1.82, 2.24) is 5.32 Å². The van der Waals surface area contributed by atoms with Gasteiger partial charge in [0, 0.05) is 6.54 Å². The minimum atomic E-state index is -0.166. The SMILES string of the molecule is Cc1cc(F)ccc1CNCCc1ccccc1. The molecule has 2 aromatic rings. The van der Waals surface area contributed by atoms with Gasteiger partial charge in [0.25, 0.3) is 0 Å². The highest BCUT2D eigenvalue weighted by atomic mass is 19.1. The third kappa shape index (κ3) is 3.67. The molecule has 0 fully saturated rings. The molecule has 0 heterocycles. The molecule has 0 amide bonds. The van der Waals surface area contributed by atoms with E-state index in [1.165, 1.54) is 11.6 Å². The number of aryl methyl sites for hydroxylation is 1. The van der Waals surface area contributed by atoms with E-state index < -0.39 is 0 Å². The monoisotopic (exact) mass is 243 g/mol. The maximum Gasteiger partial charge on any atom is 0.123 e. The van der Waals surface area contributed by atoms with Gasteiger partial charge in [-0.3, -0.25) is 0 Å². The molecule has 94 valence electrons. The van der Waals surface area contributed by atoms with Crippen LogP contribution in [0.3, 0.4) is 0 Å². The van der Waals surface area contributed by atoms with Crippen molar-refractivity contribution in [3.8, 4) is 0 Å². The van der Waals surface area contributed by atoms with Crippen molar-refractivity contribution in [2.24, 2.45) is 0 Å². The van der Waals surface area contributed by atoms with Gasteiger partial charge in [0.1, 0.15) is 5.82 Å². The van der Waals surface area contributed by atoms with Crippen LogP contribution in [-0.4, -0.2) is 6.54 Å². The van der Waals surface area contributed by atoms with E-state index in [0.717, 1.165) is 30.6 Å². The topological polar surface area (TPSA) is 12.0 Å². The predicted molar refractivity (Wildman–Crippen MR) is 73.0 cm³/mol. The van der Waals surface area contributed by atoms with E-state index >= 15 is 0 Å². The average molecular weight is 243 g/mol. The van der Waals surface area contributed by atoms with E-state index in [9.17, 15) is 4.39 Å². The molecule has 0 aliphatic rings. The molecule has 0 unspecified atom stereocenters.